The first-order chi connectivity index (χ1) is 4.56. The second-order valence-electron chi connectivity index (χ2n) is 3.13. The van der Waals surface area contributed by atoms with Gasteiger partial charge >= 0.3 is 0 Å². The molecule has 2 saturated carbocycles. The van der Waals surface area contributed by atoms with E-state index in [1.807, 2.05) is 0 Å². The molecule has 0 N–H and O–H groups in total. The zero-order valence-corrected chi connectivity index (χ0v) is 7.08. The molecule has 2 nitrogen and oxygen atoms in total. The van der Waals surface area contributed by atoms with Crippen LogP contribution in [-0.2, 0) is 9.84 Å². The molecule has 0 atom stereocenters. The lowest BCUT2D eigenvalue weighted by Gasteiger charge is -2.05. The van der Waals surface area contributed by atoms with Crippen molar-refractivity contribution in [3.05, 3.63) is 0 Å². The van der Waals surface area contributed by atoms with Crippen molar-refractivity contribution >= 4 is 21.4 Å². The Morgan fingerprint density at radius 3 is 2.10 bits per heavy atom. The van der Waals surface area contributed by atoms with Crippen LogP contribution in [0.25, 0.3) is 0 Å². The maximum Gasteiger partial charge on any atom is 0.172 e. The summed E-state index contributed by atoms with van der Waals surface area (Å²) >= 11 is 5.78. The molecule has 2 aliphatic rings. The Labute approximate surface area is 65.5 Å². The minimum Gasteiger partial charge on any atom is -0.227 e. The summed E-state index contributed by atoms with van der Waals surface area (Å²) < 4.78 is 21.9. The molecule has 0 amide bonds. The fraction of sp³-hybridized carbons (Fsp3) is 1.00. The number of sulfone groups is 1. The van der Waals surface area contributed by atoms with Crippen LogP contribution in [0.5, 0.6) is 0 Å². The molecule has 2 fully saturated rings. The van der Waals surface area contributed by atoms with Gasteiger partial charge in [-0.3, -0.25) is 0 Å². The maximum absolute atomic E-state index is 11.3. The van der Waals surface area contributed by atoms with Crippen molar-refractivity contribution in [2.75, 3.05) is 0 Å². The minimum absolute atomic E-state index is 0.0903. The summed E-state index contributed by atoms with van der Waals surface area (Å²) in [6.45, 7) is 0. The highest BCUT2D eigenvalue weighted by atomic mass is 35.5. The first-order valence-corrected chi connectivity index (χ1v) is 5.41. The van der Waals surface area contributed by atoms with Gasteiger partial charge in [0.15, 0.2) is 9.84 Å². The Bertz CT molecular complexity index is 249. The van der Waals surface area contributed by atoms with E-state index in [9.17, 15) is 8.42 Å². The fourth-order valence-electron chi connectivity index (χ4n) is 1.06. The molecule has 0 radical (unpaired) electrons. The molecule has 4 heteroatoms. The van der Waals surface area contributed by atoms with Gasteiger partial charge in [-0.2, -0.15) is 0 Å². The van der Waals surface area contributed by atoms with Crippen LogP contribution in [0.1, 0.15) is 25.7 Å². The fourth-order valence-corrected chi connectivity index (χ4v) is 3.56. The molecule has 0 saturated heterocycles. The average Bonchev–Trinajstić information content (AvgIpc) is 2.55. The predicted molar refractivity (Wildman–Crippen MR) is 39.8 cm³/mol. The molecular weight excluding hydrogens is 172 g/mol. The highest BCUT2D eigenvalue weighted by Crippen LogP contribution is 2.52. The topological polar surface area (TPSA) is 34.1 Å². The highest BCUT2D eigenvalue weighted by molar-refractivity contribution is 7.95. The molecule has 2 aliphatic carbocycles. The van der Waals surface area contributed by atoms with Crippen molar-refractivity contribution < 1.29 is 8.42 Å². The first-order valence-electron chi connectivity index (χ1n) is 3.49. The van der Waals surface area contributed by atoms with Gasteiger partial charge in [-0.05, 0) is 25.7 Å². The Kier molecular flexibility index (Phi) is 1.17. The number of rotatable bonds is 2. The molecule has 0 unspecified atom stereocenters. The summed E-state index contributed by atoms with van der Waals surface area (Å²) in [7, 11) is -2.93. The largest absolute Gasteiger partial charge is 0.227 e. The molecule has 10 heavy (non-hydrogen) atoms. The zero-order chi connectivity index (χ0) is 7.41. The number of hydrogen-bond donors (Lipinski definition) is 0. The second kappa shape index (κ2) is 1.69. The van der Waals surface area contributed by atoms with Crippen molar-refractivity contribution in [2.45, 2.75) is 35.1 Å². The molecule has 0 aromatic rings. The van der Waals surface area contributed by atoms with Crippen molar-refractivity contribution in [1.29, 1.82) is 0 Å². The van der Waals surface area contributed by atoms with E-state index in [2.05, 4.69) is 0 Å². The lowest BCUT2D eigenvalue weighted by Crippen LogP contribution is -2.20. The van der Waals surface area contributed by atoms with E-state index < -0.39 is 14.0 Å². The van der Waals surface area contributed by atoms with Crippen LogP contribution >= 0.6 is 11.6 Å². The van der Waals surface area contributed by atoms with E-state index in [4.69, 9.17) is 11.6 Å². The van der Waals surface area contributed by atoms with Crippen molar-refractivity contribution in [2.24, 2.45) is 0 Å². The van der Waals surface area contributed by atoms with Gasteiger partial charge in [0.1, 0.15) is 4.21 Å². The molecule has 0 aromatic heterocycles. The summed E-state index contributed by atoms with van der Waals surface area (Å²) in [4.78, 5) is 0. The van der Waals surface area contributed by atoms with Gasteiger partial charge in [-0.1, -0.05) is 0 Å². The SMILES string of the molecule is O=S(=O)(C1CC1)C1(Cl)CC1. The highest BCUT2D eigenvalue weighted by Gasteiger charge is 2.58. The van der Waals surface area contributed by atoms with Crippen molar-refractivity contribution in [3.63, 3.8) is 0 Å². The van der Waals surface area contributed by atoms with Crippen molar-refractivity contribution in [3.8, 4) is 0 Å². The van der Waals surface area contributed by atoms with Crippen LogP contribution in [0.3, 0.4) is 0 Å². The van der Waals surface area contributed by atoms with Crippen molar-refractivity contribution in [1.82, 2.24) is 0 Å². The summed E-state index contributed by atoms with van der Waals surface area (Å²) in [5.41, 5.74) is 0. The second-order valence-corrected chi connectivity index (χ2v) is 6.61. The van der Waals surface area contributed by atoms with Gasteiger partial charge in [0, 0.05) is 0 Å². The summed E-state index contributed by atoms with van der Waals surface area (Å²) in [6, 6.07) is 0. The van der Waals surface area contributed by atoms with Gasteiger partial charge in [-0.15, -0.1) is 11.6 Å². The Hall–Kier alpha value is 0.240. The lowest BCUT2D eigenvalue weighted by atomic mass is 10.9. The predicted octanol–water partition coefficient (Wildman–Crippen LogP) is 1.29. The van der Waals surface area contributed by atoms with Crippen LogP contribution < -0.4 is 0 Å². The Morgan fingerprint density at radius 2 is 1.80 bits per heavy atom. The summed E-state index contributed by atoms with van der Waals surface area (Å²) in [6.07, 6.45) is 2.98. The summed E-state index contributed by atoms with van der Waals surface area (Å²) in [5.74, 6) is 0. The van der Waals surface area contributed by atoms with Crippen LogP contribution in [0.15, 0.2) is 0 Å². The van der Waals surface area contributed by atoms with E-state index in [0.717, 1.165) is 12.8 Å². The molecule has 58 valence electrons. The zero-order valence-electron chi connectivity index (χ0n) is 5.51. The van der Waals surface area contributed by atoms with E-state index in [1.165, 1.54) is 0 Å². The molecule has 2 rings (SSSR count). The van der Waals surface area contributed by atoms with Gasteiger partial charge < -0.3 is 0 Å². The monoisotopic (exact) mass is 180 g/mol. The number of halogens is 1. The van der Waals surface area contributed by atoms with Gasteiger partial charge in [0.2, 0.25) is 0 Å². The smallest absolute Gasteiger partial charge is 0.172 e. The van der Waals surface area contributed by atoms with E-state index >= 15 is 0 Å². The Morgan fingerprint density at radius 1 is 1.30 bits per heavy atom. The van der Waals surface area contributed by atoms with Crippen LogP contribution in [0.4, 0.5) is 0 Å². The molecular formula is C6H9ClO2S. The molecule has 0 spiro atoms. The number of hydrogen-bond acceptors (Lipinski definition) is 2. The van der Waals surface area contributed by atoms with Gasteiger partial charge in [-0.25, -0.2) is 8.42 Å². The third kappa shape index (κ3) is 0.800. The molecule has 0 aliphatic heterocycles. The maximum atomic E-state index is 11.3. The third-order valence-corrected chi connectivity index (χ3v) is 5.92. The van der Waals surface area contributed by atoms with Gasteiger partial charge in [0.25, 0.3) is 0 Å². The van der Waals surface area contributed by atoms with E-state index in [-0.39, 0.29) is 5.25 Å². The summed E-state index contributed by atoms with van der Waals surface area (Å²) in [5, 5.41) is -0.0903. The van der Waals surface area contributed by atoms with E-state index in [0.29, 0.717) is 12.8 Å². The van der Waals surface area contributed by atoms with Crippen LogP contribution in [-0.4, -0.2) is 17.9 Å². The lowest BCUT2D eigenvalue weighted by molar-refractivity contribution is 0.590. The molecule has 0 aromatic carbocycles. The number of alkyl halides is 1. The minimum atomic E-state index is -2.93. The van der Waals surface area contributed by atoms with Gasteiger partial charge in [0.05, 0.1) is 5.25 Å². The third-order valence-electron chi connectivity index (χ3n) is 2.12. The quantitative estimate of drug-likeness (QED) is 0.601. The standard InChI is InChI=1S/C6H9ClO2S/c7-6(3-4-6)10(8,9)5-1-2-5/h5H,1-4H2. The van der Waals surface area contributed by atoms with Crippen LogP contribution in [0, 0.1) is 0 Å². The normalized spacial score (nSPS) is 30.1. The van der Waals surface area contributed by atoms with Crippen LogP contribution in [0.2, 0.25) is 0 Å². The van der Waals surface area contributed by atoms with E-state index in [1.54, 1.807) is 0 Å². The molecule has 0 heterocycles. The Balaban J connectivity index is 2.29. The first kappa shape index (κ1) is 6.92. The average molecular weight is 181 g/mol. The molecule has 0 bridgehead atoms.